The molecule has 0 fully saturated rings. The van der Waals surface area contributed by atoms with E-state index in [0.717, 1.165) is 21.8 Å². The van der Waals surface area contributed by atoms with Crippen molar-refractivity contribution < 1.29 is 9.47 Å². The Morgan fingerprint density at radius 3 is 2.67 bits per heavy atom. The highest BCUT2D eigenvalue weighted by molar-refractivity contribution is 7.21. The van der Waals surface area contributed by atoms with Crippen molar-refractivity contribution in [1.82, 2.24) is 4.98 Å². The highest BCUT2D eigenvalue weighted by Crippen LogP contribution is 2.35. The van der Waals surface area contributed by atoms with Gasteiger partial charge in [-0.05, 0) is 31.2 Å². The summed E-state index contributed by atoms with van der Waals surface area (Å²) < 4.78 is 12.3. The second-order valence-corrected chi connectivity index (χ2v) is 5.56. The van der Waals surface area contributed by atoms with Crippen LogP contribution in [0.3, 0.4) is 0 Å². The molecule has 0 unspecified atom stereocenters. The van der Waals surface area contributed by atoms with Crippen LogP contribution in [0.4, 0.5) is 0 Å². The molecule has 0 aliphatic carbocycles. The first kappa shape index (κ1) is 14.0. The third-order valence-corrected chi connectivity index (χ3v) is 4.17. The Labute approximate surface area is 128 Å². The highest BCUT2D eigenvalue weighted by Gasteiger charge is 2.10. The van der Waals surface area contributed by atoms with E-state index in [0.29, 0.717) is 19.8 Å². The molecule has 2 aromatic carbocycles. The number of hydrogen-bond acceptors (Lipinski definition) is 4. The number of benzene rings is 2. The SMILES string of the molecule is CCOCCOc1ccccc1-c1nc2ccccc2s1. The minimum absolute atomic E-state index is 0.551. The molecule has 0 amide bonds. The molecule has 4 heteroatoms. The van der Waals surface area contributed by atoms with Crippen LogP contribution in [0, 0.1) is 0 Å². The summed E-state index contributed by atoms with van der Waals surface area (Å²) in [6.07, 6.45) is 0. The summed E-state index contributed by atoms with van der Waals surface area (Å²) in [5.41, 5.74) is 2.07. The predicted octanol–water partition coefficient (Wildman–Crippen LogP) is 4.38. The topological polar surface area (TPSA) is 31.4 Å². The van der Waals surface area contributed by atoms with Crippen LogP contribution >= 0.6 is 11.3 Å². The lowest BCUT2D eigenvalue weighted by atomic mass is 10.2. The number of nitrogens with zero attached hydrogens (tertiary/aromatic N) is 1. The maximum atomic E-state index is 5.83. The average Bonchev–Trinajstić information content (AvgIpc) is 2.96. The monoisotopic (exact) mass is 299 g/mol. The van der Waals surface area contributed by atoms with Crippen LogP contribution < -0.4 is 4.74 Å². The van der Waals surface area contributed by atoms with E-state index >= 15 is 0 Å². The lowest BCUT2D eigenvalue weighted by Crippen LogP contribution is -2.06. The minimum atomic E-state index is 0.551. The van der Waals surface area contributed by atoms with Crippen LogP contribution in [0.25, 0.3) is 20.8 Å². The third kappa shape index (κ3) is 3.23. The summed E-state index contributed by atoms with van der Waals surface area (Å²) in [7, 11) is 0. The maximum absolute atomic E-state index is 5.83. The minimum Gasteiger partial charge on any atom is -0.490 e. The highest BCUT2D eigenvalue weighted by atomic mass is 32.1. The van der Waals surface area contributed by atoms with Crippen molar-refractivity contribution in [2.45, 2.75) is 6.92 Å². The molecule has 0 N–H and O–H groups in total. The van der Waals surface area contributed by atoms with Gasteiger partial charge in [-0.3, -0.25) is 0 Å². The average molecular weight is 299 g/mol. The normalized spacial score (nSPS) is 10.9. The summed E-state index contributed by atoms with van der Waals surface area (Å²) in [5.74, 6) is 0.858. The number of fused-ring (bicyclic) bond motifs is 1. The Bertz CT molecular complexity index is 690. The van der Waals surface area contributed by atoms with E-state index in [4.69, 9.17) is 14.5 Å². The van der Waals surface area contributed by atoms with Crippen LogP contribution in [-0.4, -0.2) is 24.8 Å². The molecule has 0 aliphatic rings. The quantitative estimate of drug-likeness (QED) is 0.633. The molecule has 3 aromatic rings. The van der Waals surface area contributed by atoms with Crippen LogP contribution in [0.5, 0.6) is 5.75 Å². The van der Waals surface area contributed by atoms with Crippen molar-refractivity contribution in [2.24, 2.45) is 0 Å². The van der Waals surface area contributed by atoms with Crippen molar-refractivity contribution in [3.63, 3.8) is 0 Å². The van der Waals surface area contributed by atoms with Crippen molar-refractivity contribution in [1.29, 1.82) is 0 Å². The third-order valence-electron chi connectivity index (χ3n) is 3.10. The zero-order valence-corrected chi connectivity index (χ0v) is 12.7. The van der Waals surface area contributed by atoms with Crippen LogP contribution in [-0.2, 0) is 4.74 Å². The summed E-state index contributed by atoms with van der Waals surface area (Å²) in [6.45, 7) is 3.85. The van der Waals surface area contributed by atoms with Gasteiger partial charge in [0.1, 0.15) is 17.4 Å². The van der Waals surface area contributed by atoms with E-state index in [1.807, 2.05) is 49.4 Å². The van der Waals surface area contributed by atoms with Gasteiger partial charge in [0.2, 0.25) is 0 Å². The zero-order chi connectivity index (χ0) is 14.5. The van der Waals surface area contributed by atoms with Gasteiger partial charge in [0.05, 0.1) is 22.4 Å². The van der Waals surface area contributed by atoms with Crippen LogP contribution in [0.1, 0.15) is 6.92 Å². The van der Waals surface area contributed by atoms with Gasteiger partial charge >= 0.3 is 0 Å². The molecular formula is C17H17NO2S. The Hall–Kier alpha value is -1.91. The predicted molar refractivity (Wildman–Crippen MR) is 87.0 cm³/mol. The van der Waals surface area contributed by atoms with Gasteiger partial charge < -0.3 is 9.47 Å². The van der Waals surface area contributed by atoms with Crippen molar-refractivity contribution in [3.8, 4) is 16.3 Å². The molecule has 3 nitrogen and oxygen atoms in total. The summed E-state index contributed by atoms with van der Waals surface area (Å²) >= 11 is 1.69. The Morgan fingerprint density at radius 2 is 1.81 bits per heavy atom. The van der Waals surface area contributed by atoms with Gasteiger partial charge in [-0.25, -0.2) is 4.98 Å². The van der Waals surface area contributed by atoms with Gasteiger partial charge in [0.15, 0.2) is 0 Å². The molecule has 21 heavy (non-hydrogen) atoms. The second kappa shape index (κ2) is 6.70. The molecule has 1 aromatic heterocycles. The molecule has 0 aliphatic heterocycles. The molecule has 0 radical (unpaired) electrons. The molecule has 0 saturated carbocycles. The fraction of sp³-hybridized carbons (Fsp3) is 0.235. The summed E-state index contributed by atoms with van der Waals surface area (Å²) in [6, 6.07) is 16.2. The van der Waals surface area contributed by atoms with Gasteiger partial charge in [0, 0.05) is 6.61 Å². The fourth-order valence-corrected chi connectivity index (χ4v) is 3.11. The van der Waals surface area contributed by atoms with Gasteiger partial charge in [0.25, 0.3) is 0 Å². The fourth-order valence-electron chi connectivity index (χ4n) is 2.11. The second-order valence-electron chi connectivity index (χ2n) is 4.53. The van der Waals surface area contributed by atoms with Crippen LogP contribution in [0.15, 0.2) is 48.5 Å². The number of ether oxygens (including phenoxy) is 2. The first-order chi connectivity index (χ1) is 10.4. The maximum Gasteiger partial charge on any atom is 0.129 e. The lowest BCUT2D eigenvalue weighted by molar-refractivity contribution is 0.110. The molecule has 0 saturated heterocycles. The van der Waals surface area contributed by atoms with Gasteiger partial charge in [-0.1, -0.05) is 24.3 Å². The summed E-state index contributed by atoms with van der Waals surface area (Å²) in [5, 5.41) is 0.989. The van der Waals surface area contributed by atoms with Gasteiger partial charge in [-0.2, -0.15) is 0 Å². The van der Waals surface area contributed by atoms with Crippen molar-refractivity contribution in [3.05, 3.63) is 48.5 Å². The smallest absolute Gasteiger partial charge is 0.129 e. The molecule has 0 bridgehead atoms. The lowest BCUT2D eigenvalue weighted by Gasteiger charge is -2.09. The van der Waals surface area contributed by atoms with Gasteiger partial charge in [-0.15, -0.1) is 11.3 Å². The Balaban J connectivity index is 1.87. The molecule has 3 rings (SSSR count). The van der Waals surface area contributed by atoms with E-state index in [9.17, 15) is 0 Å². The van der Waals surface area contributed by atoms with Crippen molar-refractivity contribution >= 4 is 21.6 Å². The van der Waals surface area contributed by atoms with E-state index in [2.05, 4.69) is 6.07 Å². The number of hydrogen-bond donors (Lipinski definition) is 0. The number of para-hydroxylation sites is 2. The van der Waals surface area contributed by atoms with E-state index in [-0.39, 0.29) is 0 Å². The zero-order valence-electron chi connectivity index (χ0n) is 11.9. The first-order valence-electron chi connectivity index (χ1n) is 7.04. The van der Waals surface area contributed by atoms with Crippen molar-refractivity contribution in [2.75, 3.05) is 19.8 Å². The number of rotatable bonds is 6. The van der Waals surface area contributed by atoms with Crippen LogP contribution in [0.2, 0.25) is 0 Å². The molecule has 1 heterocycles. The standard InChI is InChI=1S/C17H17NO2S/c1-2-19-11-12-20-15-9-5-3-7-13(15)17-18-14-8-4-6-10-16(14)21-17/h3-10H,2,11-12H2,1H3. The number of thiazole rings is 1. The Morgan fingerprint density at radius 1 is 1.00 bits per heavy atom. The van der Waals surface area contributed by atoms with E-state index in [1.54, 1.807) is 11.3 Å². The molecule has 0 atom stereocenters. The molecule has 0 spiro atoms. The van der Waals surface area contributed by atoms with E-state index in [1.165, 1.54) is 4.70 Å². The molecular weight excluding hydrogens is 282 g/mol. The largest absolute Gasteiger partial charge is 0.490 e. The Kier molecular flexibility index (Phi) is 4.48. The van der Waals surface area contributed by atoms with E-state index < -0.39 is 0 Å². The number of aromatic nitrogens is 1. The molecule has 108 valence electrons. The first-order valence-corrected chi connectivity index (χ1v) is 7.85. The summed E-state index contributed by atoms with van der Waals surface area (Å²) in [4.78, 5) is 4.70.